The van der Waals surface area contributed by atoms with Crippen LogP contribution >= 0.6 is 11.8 Å². The predicted octanol–water partition coefficient (Wildman–Crippen LogP) is -0.133. The van der Waals surface area contributed by atoms with E-state index in [4.69, 9.17) is 10.2 Å². The molecule has 3 N–H and O–H groups in total. The highest BCUT2D eigenvalue weighted by Gasteiger charge is 2.19. The van der Waals surface area contributed by atoms with Crippen molar-refractivity contribution in [2.24, 2.45) is 0 Å². The van der Waals surface area contributed by atoms with Gasteiger partial charge in [0.2, 0.25) is 0 Å². The van der Waals surface area contributed by atoms with E-state index in [0.29, 0.717) is 6.54 Å². The van der Waals surface area contributed by atoms with Crippen LogP contribution in [0, 0.1) is 0 Å². The van der Waals surface area contributed by atoms with Crippen molar-refractivity contribution in [3.63, 3.8) is 0 Å². The van der Waals surface area contributed by atoms with Gasteiger partial charge in [0, 0.05) is 12.3 Å². The summed E-state index contributed by atoms with van der Waals surface area (Å²) in [6.45, 7) is 0.505. The van der Waals surface area contributed by atoms with E-state index in [2.05, 4.69) is 5.32 Å². The van der Waals surface area contributed by atoms with E-state index in [0.717, 1.165) is 5.75 Å². The second-order valence-corrected chi connectivity index (χ2v) is 3.42. The summed E-state index contributed by atoms with van der Waals surface area (Å²) in [4.78, 5) is 20.7. The Kier molecular flexibility index (Phi) is 6.34. The predicted molar refractivity (Wildman–Crippen MR) is 50.1 cm³/mol. The zero-order valence-corrected chi connectivity index (χ0v) is 8.13. The highest BCUT2D eigenvalue weighted by Crippen LogP contribution is 1.94. The van der Waals surface area contributed by atoms with Gasteiger partial charge in [-0.1, -0.05) is 0 Å². The van der Waals surface area contributed by atoms with E-state index in [1.807, 2.05) is 6.26 Å². The van der Waals surface area contributed by atoms with Gasteiger partial charge in [0.05, 0.1) is 6.42 Å². The first-order valence-electron chi connectivity index (χ1n) is 3.75. The number of thioether (sulfide) groups is 1. The Balaban J connectivity index is 3.81. The van der Waals surface area contributed by atoms with Gasteiger partial charge in [-0.3, -0.25) is 9.59 Å². The molecule has 0 aromatic rings. The molecule has 0 bridgehead atoms. The van der Waals surface area contributed by atoms with E-state index in [9.17, 15) is 9.59 Å². The lowest BCUT2D eigenvalue weighted by Crippen LogP contribution is -2.39. The molecule has 0 aliphatic rings. The second-order valence-electron chi connectivity index (χ2n) is 2.44. The van der Waals surface area contributed by atoms with Crippen LogP contribution in [0.5, 0.6) is 0 Å². The van der Waals surface area contributed by atoms with Crippen molar-refractivity contribution in [3.8, 4) is 0 Å². The average molecular weight is 207 g/mol. The molecule has 0 heterocycles. The fraction of sp³-hybridized carbons (Fsp3) is 0.714. The number of hydrogen-bond donors (Lipinski definition) is 3. The molecular weight excluding hydrogens is 194 g/mol. The monoisotopic (exact) mass is 207 g/mol. The first-order chi connectivity index (χ1) is 6.07. The molecule has 0 spiro atoms. The molecule has 0 fully saturated rings. The lowest BCUT2D eigenvalue weighted by molar-refractivity contribution is -0.145. The van der Waals surface area contributed by atoms with Crippen LogP contribution in [-0.2, 0) is 9.59 Å². The van der Waals surface area contributed by atoms with Crippen molar-refractivity contribution in [2.45, 2.75) is 12.5 Å². The second kappa shape index (κ2) is 6.73. The number of rotatable bonds is 7. The molecule has 0 saturated carbocycles. The zero-order valence-electron chi connectivity index (χ0n) is 7.32. The van der Waals surface area contributed by atoms with Gasteiger partial charge in [-0.25, -0.2) is 0 Å². The van der Waals surface area contributed by atoms with E-state index >= 15 is 0 Å². The highest BCUT2D eigenvalue weighted by atomic mass is 32.2. The molecule has 0 aromatic carbocycles. The summed E-state index contributed by atoms with van der Waals surface area (Å²) < 4.78 is 0. The fourth-order valence-electron chi connectivity index (χ4n) is 0.757. The Morgan fingerprint density at radius 2 is 2.08 bits per heavy atom. The van der Waals surface area contributed by atoms with Crippen LogP contribution in [-0.4, -0.2) is 46.7 Å². The minimum absolute atomic E-state index is 0.385. The topological polar surface area (TPSA) is 86.6 Å². The van der Waals surface area contributed by atoms with Gasteiger partial charge in [-0.05, 0) is 6.26 Å². The van der Waals surface area contributed by atoms with Gasteiger partial charge in [0.15, 0.2) is 0 Å². The van der Waals surface area contributed by atoms with Crippen LogP contribution in [0.25, 0.3) is 0 Å². The summed E-state index contributed by atoms with van der Waals surface area (Å²) in [5.74, 6) is -1.46. The smallest absolute Gasteiger partial charge is 0.321 e. The molecule has 0 aliphatic carbocycles. The molecule has 5 nitrogen and oxygen atoms in total. The Morgan fingerprint density at radius 1 is 1.46 bits per heavy atom. The van der Waals surface area contributed by atoms with E-state index in [-0.39, 0.29) is 6.42 Å². The Bertz CT molecular complexity index is 185. The van der Waals surface area contributed by atoms with Crippen LogP contribution in [0.15, 0.2) is 0 Å². The van der Waals surface area contributed by atoms with E-state index in [1.54, 1.807) is 11.8 Å². The van der Waals surface area contributed by atoms with Gasteiger partial charge in [0.25, 0.3) is 0 Å². The van der Waals surface area contributed by atoms with Crippen LogP contribution in [0.4, 0.5) is 0 Å². The normalized spacial score (nSPS) is 12.4. The molecule has 0 saturated heterocycles. The largest absolute Gasteiger partial charge is 0.481 e. The molecule has 0 aromatic heterocycles. The van der Waals surface area contributed by atoms with Crippen LogP contribution < -0.4 is 5.32 Å². The summed E-state index contributed by atoms with van der Waals surface area (Å²) >= 11 is 1.57. The maximum absolute atomic E-state index is 10.5. The minimum atomic E-state index is -1.12. The molecule has 13 heavy (non-hydrogen) atoms. The Morgan fingerprint density at radius 3 is 2.46 bits per heavy atom. The van der Waals surface area contributed by atoms with Crippen LogP contribution in [0.3, 0.4) is 0 Å². The van der Waals surface area contributed by atoms with Gasteiger partial charge in [-0.2, -0.15) is 11.8 Å². The molecule has 0 radical (unpaired) electrons. The number of aliphatic carboxylic acids is 2. The quantitative estimate of drug-likeness (QED) is 0.504. The Hall–Kier alpha value is -0.750. The molecule has 1 atom stereocenters. The average Bonchev–Trinajstić information content (AvgIpc) is 2.02. The maximum Gasteiger partial charge on any atom is 0.321 e. The first-order valence-corrected chi connectivity index (χ1v) is 5.14. The van der Waals surface area contributed by atoms with Crippen molar-refractivity contribution in [1.29, 1.82) is 0 Å². The van der Waals surface area contributed by atoms with Gasteiger partial charge in [0.1, 0.15) is 6.04 Å². The molecule has 1 unspecified atom stereocenters. The maximum atomic E-state index is 10.5. The number of carbonyl (C=O) groups is 2. The highest BCUT2D eigenvalue weighted by molar-refractivity contribution is 7.98. The third-order valence-corrected chi connectivity index (χ3v) is 1.99. The third-order valence-electron chi connectivity index (χ3n) is 1.37. The lowest BCUT2D eigenvalue weighted by atomic mass is 10.2. The van der Waals surface area contributed by atoms with Crippen LogP contribution in [0.1, 0.15) is 6.42 Å². The van der Waals surface area contributed by atoms with Crippen molar-refractivity contribution in [3.05, 3.63) is 0 Å². The van der Waals surface area contributed by atoms with E-state index < -0.39 is 18.0 Å². The molecule has 0 aliphatic heterocycles. The fourth-order valence-corrected chi connectivity index (χ4v) is 1.08. The summed E-state index contributed by atoms with van der Waals surface area (Å²) in [5, 5.41) is 19.6. The molecule has 0 rings (SSSR count). The SMILES string of the molecule is CSCCNC(CC(=O)O)C(=O)O. The molecule has 76 valence electrons. The minimum Gasteiger partial charge on any atom is -0.481 e. The summed E-state index contributed by atoms with van der Waals surface area (Å²) in [6, 6.07) is -0.982. The first kappa shape index (κ1) is 12.2. The Labute approximate surface area is 80.5 Å². The van der Waals surface area contributed by atoms with Gasteiger partial charge < -0.3 is 15.5 Å². The van der Waals surface area contributed by atoms with Gasteiger partial charge in [-0.15, -0.1) is 0 Å². The number of carboxylic acid groups (broad SMARTS) is 2. The standard InChI is InChI=1S/C7H13NO4S/c1-13-3-2-8-5(7(11)12)4-6(9)10/h5,8H,2-4H2,1H3,(H,9,10)(H,11,12). The van der Waals surface area contributed by atoms with Gasteiger partial charge >= 0.3 is 11.9 Å². The summed E-state index contributed by atoms with van der Waals surface area (Å²) in [7, 11) is 0. The number of hydrogen-bond acceptors (Lipinski definition) is 4. The number of carboxylic acids is 2. The molecule has 6 heteroatoms. The molecule has 0 amide bonds. The van der Waals surface area contributed by atoms with Crippen molar-refractivity contribution >= 4 is 23.7 Å². The van der Waals surface area contributed by atoms with Crippen LogP contribution in [0.2, 0.25) is 0 Å². The van der Waals surface area contributed by atoms with Crippen molar-refractivity contribution in [2.75, 3.05) is 18.6 Å². The zero-order chi connectivity index (χ0) is 10.3. The van der Waals surface area contributed by atoms with Crippen molar-refractivity contribution in [1.82, 2.24) is 5.32 Å². The molecular formula is C7H13NO4S. The van der Waals surface area contributed by atoms with E-state index in [1.165, 1.54) is 0 Å². The summed E-state index contributed by atoms with van der Waals surface area (Å²) in [5.41, 5.74) is 0. The third kappa shape index (κ3) is 6.41. The number of nitrogens with one attached hydrogen (secondary N) is 1. The lowest BCUT2D eigenvalue weighted by Gasteiger charge is -2.10. The summed E-state index contributed by atoms with van der Waals surface area (Å²) in [6.07, 6.45) is 1.51. The van der Waals surface area contributed by atoms with Crippen molar-refractivity contribution < 1.29 is 19.8 Å².